The molecule has 1 aliphatic rings. The monoisotopic (exact) mass is 302 g/mol. The van der Waals surface area contributed by atoms with Gasteiger partial charge in [-0.15, -0.1) is 0 Å². The fourth-order valence-electron chi connectivity index (χ4n) is 2.44. The summed E-state index contributed by atoms with van der Waals surface area (Å²) >= 11 is 0. The predicted molar refractivity (Wildman–Crippen MR) is 80.8 cm³/mol. The second-order valence-electron chi connectivity index (χ2n) is 5.64. The van der Waals surface area contributed by atoms with E-state index in [4.69, 9.17) is 9.47 Å². The van der Waals surface area contributed by atoms with Crippen molar-refractivity contribution in [2.24, 2.45) is 0 Å². The van der Waals surface area contributed by atoms with Gasteiger partial charge in [0, 0.05) is 0 Å². The quantitative estimate of drug-likeness (QED) is 0.400. The Labute approximate surface area is 127 Å². The number of ether oxygens (including phenoxy) is 2. The van der Waals surface area contributed by atoms with E-state index in [0.29, 0.717) is 0 Å². The fraction of sp³-hybridized carbons (Fsp3) is 0.875. The average Bonchev–Trinajstić information content (AvgIpc) is 2.82. The van der Waals surface area contributed by atoms with Crippen LogP contribution < -0.4 is 0 Å². The number of hydrogen-bond acceptors (Lipinski definition) is 5. The van der Waals surface area contributed by atoms with Gasteiger partial charge in [-0.3, -0.25) is 0 Å². The maximum atomic E-state index is 9.71. The van der Waals surface area contributed by atoms with Crippen molar-refractivity contribution in [1.29, 1.82) is 0 Å². The molecular weight excluding hydrogens is 272 g/mol. The highest BCUT2D eigenvalue weighted by Gasteiger charge is 2.40. The van der Waals surface area contributed by atoms with Crippen LogP contribution in [0.15, 0.2) is 12.3 Å². The Balaban J connectivity index is 2.13. The molecule has 0 radical (unpaired) electrons. The van der Waals surface area contributed by atoms with E-state index in [2.05, 4.69) is 6.92 Å². The SMILES string of the molecule is CCCCCCCC/C=C/O[C@H](CO)[C@@H]1OC[C@H](O)[C@@H]1O. The first kappa shape index (κ1) is 18.4. The lowest BCUT2D eigenvalue weighted by Gasteiger charge is -2.23. The molecule has 5 heteroatoms. The van der Waals surface area contributed by atoms with Gasteiger partial charge in [0.05, 0.1) is 19.5 Å². The molecule has 0 aromatic carbocycles. The molecule has 0 bridgehead atoms. The molecule has 0 amide bonds. The third-order valence-corrected chi connectivity index (χ3v) is 3.81. The molecule has 3 N–H and O–H groups in total. The molecule has 0 unspecified atom stereocenters. The van der Waals surface area contributed by atoms with E-state index in [-0.39, 0.29) is 13.2 Å². The Morgan fingerprint density at radius 1 is 1.19 bits per heavy atom. The van der Waals surface area contributed by atoms with Crippen LogP contribution in [0, 0.1) is 0 Å². The molecule has 0 aromatic heterocycles. The standard InChI is InChI=1S/C16H30O5/c1-2-3-4-5-6-7-8-9-10-20-14(11-17)16-15(19)13(18)12-21-16/h9-10,13-19H,2-8,11-12H2,1H3/b10-9+/t13-,14+,15-,16-/m0/s1. The highest BCUT2D eigenvalue weighted by atomic mass is 16.6. The normalized spacial score (nSPS) is 27.3. The van der Waals surface area contributed by atoms with Crippen molar-refractivity contribution in [2.45, 2.75) is 76.3 Å². The molecular formula is C16H30O5. The number of aliphatic hydroxyl groups is 3. The number of rotatable bonds is 11. The predicted octanol–water partition coefficient (Wildman–Crippen LogP) is 1.75. The van der Waals surface area contributed by atoms with Crippen LogP contribution in [0.3, 0.4) is 0 Å². The zero-order valence-electron chi connectivity index (χ0n) is 13.0. The summed E-state index contributed by atoms with van der Waals surface area (Å²) < 4.78 is 10.7. The maximum Gasteiger partial charge on any atom is 0.149 e. The molecule has 21 heavy (non-hydrogen) atoms. The van der Waals surface area contributed by atoms with Crippen LogP contribution in [-0.4, -0.2) is 52.9 Å². The van der Waals surface area contributed by atoms with Crippen LogP contribution in [0.25, 0.3) is 0 Å². The van der Waals surface area contributed by atoms with Crippen molar-refractivity contribution >= 4 is 0 Å². The Morgan fingerprint density at radius 3 is 2.52 bits per heavy atom. The van der Waals surface area contributed by atoms with Crippen molar-refractivity contribution in [1.82, 2.24) is 0 Å². The highest BCUT2D eigenvalue weighted by molar-refractivity contribution is 4.90. The van der Waals surface area contributed by atoms with Crippen LogP contribution in [-0.2, 0) is 9.47 Å². The first-order chi connectivity index (χ1) is 10.2. The first-order valence-corrected chi connectivity index (χ1v) is 8.09. The molecule has 0 aliphatic carbocycles. The summed E-state index contributed by atoms with van der Waals surface area (Å²) in [4.78, 5) is 0. The summed E-state index contributed by atoms with van der Waals surface area (Å²) in [6, 6.07) is 0. The summed E-state index contributed by atoms with van der Waals surface area (Å²) in [5.41, 5.74) is 0. The molecule has 0 spiro atoms. The number of allylic oxidation sites excluding steroid dienone is 1. The molecule has 4 atom stereocenters. The molecule has 1 fully saturated rings. The van der Waals surface area contributed by atoms with Crippen LogP contribution in [0.1, 0.15) is 51.9 Å². The van der Waals surface area contributed by atoms with E-state index >= 15 is 0 Å². The van der Waals surface area contributed by atoms with Crippen molar-refractivity contribution < 1.29 is 24.8 Å². The van der Waals surface area contributed by atoms with E-state index < -0.39 is 24.4 Å². The minimum atomic E-state index is -1.01. The number of unbranched alkanes of at least 4 members (excludes halogenated alkanes) is 6. The van der Waals surface area contributed by atoms with E-state index in [1.165, 1.54) is 32.1 Å². The lowest BCUT2D eigenvalue weighted by atomic mass is 10.1. The van der Waals surface area contributed by atoms with E-state index in [9.17, 15) is 15.3 Å². The third kappa shape index (κ3) is 6.78. The minimum absolute atomic E-state index is 0.0766. The summed E-state index contributed by atoms with van der Waals surface area (Å²) in [6.45, 7) is 2.03. The van der Waals surface area contributed by atoms with Gasteiger partial charge in [-0.1, -0.05) is 39.0 Å². The smallest absolute Gasteiger partial charge is 0.149 e. The largest absolute Gasteiger partial charge is 0.493 e. The topological polar surface area (TPSA) is 79.2 Å². The third-order valence-electron chi connectivity index (χ3n) is 3.81. The Kier molecular flexibility index (Phi) is 9.67. The second-order valence-corrected chi connectivity index (χ2v) is 5.64. The van der Waals surface area contributed by atoms with Crippen molar-refractivity contribution in [3.63, 3.8) is 0 Å². The number of hydrogen-bond donors (Lipinski definition) is 3. The fourth-order valence-corrected chi connectivity index (χ4v) is 2.44. The van der Waals surface area contributed by atoms with Crippen LogP contribution in [0.5, 0.6) is 0 Å². The van der Waals surface area contributed by atoms with Gasteiger partial charge in [-0.05, 0) is 18.9 Å². The molecule has 1 heterocycles. The second kappa shape index (κ2) is 11.0. The molecule has 0 aromatic rings. The number of aliphatic hydroxyl groups excluding tert-OH is 3. The molecule has 5 nitrogen and oxygen atoms in total. The van der Waals surface area contributed by atoms with Gasteiger partial charge in [0.1, 0.15) is 24.4 Å². The highest BCUT2D eigenvalue weighted by Crippen LogP contribution is 2.19. The van der Waals surface area contributed by atoms with Gasteiger partial charge < -0.3 is 24.8 Å². The van der Waals surface area contributed by atoms with E-state index in [1.54, 1.807) is 6.26 Å². The molecule has 0 saturated carbocycles. The Morgan fingerprint density at radius 2 is 1.90 bits per heavy atom. The molecule has 124 valence electrons. The van der Waals surface area contributed by atoms with Gasteiger partial charge in [0.15, 0.2) is 0 Å². The summed E-state index contributed by atoms with van der Waals surface area (Å²) in [6.07, 6.45) is 8.74. The average molecular weight is 302 g/mol. The van der Waals surface area contributed by atoms with Gasteiger partial charge >= 0.3 is 0 Å². The maximum absolute atomic E-state index is 9.71. The van der Waals surface area contributed by atoms with Gasteiger partial charge in [0.25, 0.3) is 0 Å². The van der Waals surface area contributed by atoms with Crippen LogP contribution in [0.2, 0.25) is 0 Å². The summed E-state index contributed by atoms with van der Waals surface area (Å²) in [7, 11) is 0. The minimum Gasteiger partial charge on any atom is -0.493 e. The van der Waals surface area contributed by atoms with Gasteiger partial charge in [-0.25, -0.2) is 0 Å². The molecule has 1 aliphatic heterocycles. The van der Waals surface area contributed by atoms with Crippen molar-refractivity contribution in [3.05, 3.63) is 12.3 Å². The van der Waals surface area contributed by atoms with E-state index in [0.717, 1.165) is 12.8 Å². The Hall–Kier alpha value is -0.620. The molecule has 1 rings (SSSR count). The zero-order valence-corrected chi connectivity index (χ0v) is 13.0. The summed E-state index contributed by atoms with van der Waals surface area (Å²) in [5, 5.41) is 28.4. The first-order valence-electron chi connectivity index (χ1n) is 8.09. The van der Waals surface area contributed by atoms with Crippen molar-refractivity contribution in [2.75, 3.05) is 13.2 Å². The van der Waals surface area contributed by atoms with Crippen LogP contribution >= 0.6 is 0 Å². The van der Waals surface area contributed by atoms with Crippen LogP contribution in [0.4, 0.5) is 0 Å². The molecule has 1 saturated heterocycles. The van der Waals surface area contributed by atoms with Gasteiger partial charge in [-0.2, -0.15) is 0 Å². The lowest BCUT2D eigenvalue weighted by Crippen LogP contribution is -2.41. The van der Waals surface area contributed by atoms with Crippen molar-refractivity contribution in [3.8, 4) is 0 Å². The zero-order chi connectivity index (χ0) is 15.5. The lowest BCUT2D eigenvalue weighted by molar-refractivity contribution is -0.0737. The van der Waals surface area contributed by atoms with Gasteiger partial charge in [0.2, 0.25) is 0 Å². The van der Waals surface area contributed by atoms with E-state index in [1.807, 2.05) is 6.08 Å². The summed E-state index contributed by atoms with van der Waals surface area (Å²) in [5.74, 6) is 0. The Bertz CT molecular complexity index is 282.